The van der Waals surface area contributed by atoms with Crippen molar-refractivity contribution in [3.05, 3.63) is 59.3 Å². The first kappa shape index (κ1) is 17.4. The van der Waals surface area contributed by atoms with E-state index in [4.69, 9.17) is 5.26 Å². The van der Waals surface area contributed by atoms with E-state index in [-0.39, 0.29) is 17.9 Å². The molecule has 7 heteroatoms. The fourth-order valence-electron chi connectivity index (χ4n) is 3.96. The van der Waals surface area contributed by atoms with Crippen molar-refractivity contribution in [3.63, 3.8) is 0 Å². The molecule has 3 heterocycles. The van der Waals surface area contributed by atoms with Crippen molar-refractivity contribution < 1.29 is 13.6 Å². The van der Waals surface area contributed by atoms with Gasteiger partial charge < -0.3 is 9.80 Å². The van der Waals surface area contributed by atoms with E-state index in [1.165, 1.54) is 12.1 Å². The number of carbonyl (C=O) groups is 1. The fourth-order valence-corrected chi connectivity index (χ4v) is 3.96. The number of likely N-dealkylation sites (tertiary alicyclic amines) is 1. The Morgan fingerprint density at radius 3 is 2.48 bits per heavy atom. The maximum Gasteiger partial charge on any atom is 0.227 e. The van der Waals surface area contributed by atoms with E-state index in [0.29, 0.717) is 30.5 Å². The number of amides is 1. The minimum atomic E-state index is -0.680. The summed E-state index contributed by atoms with van der Waals surface area (Å²) in [5.74, 6) is 0.0956. The van der Waals surface area contributed by atoms with Crippen LogP contribution >= 0.6 is 0 Å². The van der Waals surface area contributed by atoms with E-state index in [0.717, 1.165) is 25.0 Å². The SMILES string of the molecule is N#Cc1ccc(N2CC3CN(C(=O)Cc4ccc(F)cc4F)CC3C2)nc1. The number of rotatable bonds is 3. The van der Waals surface area contributed by atoms with E-state index in [1.807, 2.05) is 6.07 Å². The summed E-state index contributed by atoms with van der Waals surface area (Å²) in [4.78, 5) is 20.8. The predicted molar refractivity (Wildman–Crippen MR) is 94.8 cm³/mol. The molecule has 0 N–H and O–H groups in total. The van der Waals surface area contributed by atoms with Gasteiger partial charge in [-0.05, 0) is 23.8 Å². The summed E-state index contributed by atoms with van der Waals surface area (Å²) in [5, 5.41) is 8.86. The number of anilines is 1. The van der Waals surface area contributed by atoms with E-state index in [1.54, 1.807) is 17.2 Å². The zero-order valence-electron chi connectivity index (χ0n) is 14.6. The first-order valence-electron chi connectivity index (χ1n) is 8.86. The van der Waals surface area contributed by atoms with Gasteiger partial charge in [0.05, 0.1) is 12.0 Å². The Hall–Kier alpha value is -3.01. The van der Waals surface area contributed by atoms with Crippen LogP contribution in [-0.4, -0.2) is 42.0 Å². The molecule has 4 rings (SSSR count). The molecule has 138 valence electrons. The number of hydrogen-bond acceptors (Lipinski definition) is 4. The van der Waals surface area contributed by atoms with Crippen molar-refractivity contribution >= 4 is 11.7 Å². The minimum Gasteiger partial charge on any atom is -0.356 e. The molecule has 0 bridgehead atoms. The predicted octanol–water partition coefficient (Wildman–Crippen LogP) is 2.37. The van der Waals surface area contributed by atoms with Crippen LogP contribution < -0.4 is 4.90 Å². The number of carbonyl (C=O) groups excluding carboxylic acids is 1. The largest absolute Gasteiger partial charge is 0.356 e. The lowest BCUT2D eigenvalue weighted by Gasteiger charge is -2.22. The highest BCUT2D eigenvalue weighted by Gasteiger charge is 2.41. The summed E-state index contributed by atoms with van der Waals surface area (Å²) in [5.41, 5.74) is 0.754. The van der Waals surface area contributed by atoms with Gasteiger partial charge in [0.2, 0.25) is 5.91 Å². The molecule has 2 fully saturated rings. The van der Waals surface area contributed by atoms with Crippen molar-refractivity contribution in [2.75, 3.05) is 31.1 Å². The van der Waals surface area contributed by atoms with Crippen molar-refractivity contribution in [1.29, 1.82) is 5.26 Å². The summed E-state index contributed by atoms with van der Waals surface area (Å²) in [6.45, 7) is 2.88. The molecule has 2 atom stereocenters. The Bertz CT molecular complexity index is 895. The van der Waals surface area contributed by atoms with Gasteiger partial charge in [-0.25, -0.2) is 13.8 Å². The molecule has 2 aliphatic heterocycles. The lowest BCUT2D eigenvalue weighted by Crippen LogP contribution is -2.34. The monoisotopic (exact) mass is 368 g/mol. The van der Waals surface area contributed by atoms with Gasteiger partial charge in [0.15, 0.2) is 0 Å². The minimum absolute atomic E-state index is 0.0492. The Labute approximate surface area is 155 Å². The Morgan fingerprint density at radius 2 is 1.89 bits per heavy atom. The number of hydrogen-bond donors (Lipinski definition) is 0. The maximum atomic E-state index is 13.8. The number of nitrogens with zero attached hydrogens (tertiary/aromatic N) is 4. The summed E-state index contributed by atoms with van der Waals surface area (Å²) >= 11 is 0. The lowest BCUT2D eigenvalue weighted by atomic mass is 10.0. The average molecular weight is 368 g/mol. The van der Waals surface area contributed by atoms with Gasteiger partial charge in [0, 0.05) is 50.3 Å². The molecule has 1 aromatic carbocycles. The van der Waals surface area contributed by atoms with Crippen LogP contribution in [0.3, 0.4) is 0 Å². The molecule has 2 unspecified atom stereocenters. The van der Waals surface area contributed by atoms with Crippen LogP contribution in [-0.2, 0) is 11.2 Å². The molecular formula is C20H18F2N4O. The Balaban J connectivity index is 1.36. The fraction of sp³-hybridized carbons (Fsp3) is 0.350. The van der Waals surface area contributed by atoms with E-state index < -0.39 is 11.6 Å². The molecule has 0 spiro atoms. The van der Waals surface area contributed by atoms with Gasteiger partial charge >= 0.3 is 0 Å². The third kappa shape index (κ3) is 3.47. The van der Waals surface area contributed by atoms with Crippen LogP contribution in [0.1, 0.15) is 11.1 Å². The van der Waals surface area contributed by atoms with Crippen LogP contribution in [0.5, 0.6) is 0 Å². The third-order valence-electron chi connectivity index (χ3n) is 5.40. The molecule has 0 radical (unpaired) electrons. The molecule has 0 saturated carbocycles. The summed E-state index contributed by atoms with van der Waals surface area (Å²) in [7, 11) is 0. The molecule has 2 aliphatic rings. The van der Waals surface area contributed by atoms with E-state index in [2.05, 4.69) is 16.0 Å². The third-order valence-corrected chi connectivity index (χ3v) is 5.40. The second-order valence-electron chi connectivity index (χ2n) is 7.15. The van der Waals surface area contributed by atoms with Crippen LogP contribution in [0.4, 0.5) is 14.6 Å². The van der Waals surface area contributed by atoms with Gasteiger partial charge in [0.25, 0.3) is 0 Å². The van der Waals surface area contributed by atoms with Crippen molar-refractivity contribution in [2.45, 2.75) is 6.42 Å². The molecule has 0 aliphatic carbocycles. The van der Waals surface area contributed by atoms with Crippen molar-refractivity contribution in [2.24, 2.45) is 11.8 Å². The average Bonchev–Trinajstić information content (AvgIpc) is 3.23. The Kier molecular flexibility index (Phi) is 4.48. The van der Waals surface area contributed by atoms with E-state index in [9.17, 15) is 13.6 Å². The van der Waals surface area contributed by atoms with E-state index >= 15 is 0 Å². The number of fused-ring (bicyclic) bond motifs is 1. The van der Waals surface area contributed by atoms with Crippen molar-refractivity contribution in [1.82, 2.24) is 9.88 Å². The molecular weight excluding hydrogens is 350 g/mol. The highest BCUT2D eigenvalue weighted by atomic mass is 19.1. The first-order chi connectivity index (χ1) is 13.0. The zero-order chi connectivity index (χ0) is 19.0. The van der Waals surface area contributed by atoms with Crippen LogP contribution in [0.15, 0.2) is 36.5 Å². The van der Waals surface area contributed by atoms with Gasteiger partial charge in [-0.2, -0.15) is 5.26 Å². The van der Waals surface area contributed by atoms with Crippen LogP contribution in [0, 0.1) is 34.8 Å². The van der Waals surface area contributed by atoms with Gasteiger partial charge in [0.1, 0.15) is 23.5 Å². The van der Waals surface area contributed by atoms with Crippen molar-refractivity contribution in [3.8, 4) is 6.07 Å². The first-order valence-corrected chi connectivity index (χ1v) is 8.86. The Morgan fingerprint density at radius 1 is 1.15 bits per heavy atom. The summed E-state index contributed by atoms with van der Waals surface area (Å²) in [6, 6.07) is 8.97. The number of halogens is 2. The lowest BCUT2D eigenvalue weighted by molar-refractivity contribution is -0.129. The maximum absolute atomic E-state index is 13.8. The molecule has 2 aromatic rings. The van der Waals surface area contributed by atoms with Gasteiger partial charge in [-0.15, -0.1) is 0 Å². The highest BCUT2D eigenvalue weighted by molar-refractivity contribution is 5.79. The molecule has 1 aromatic heterocycles. The smallest absolute Gasteiger partial charge is 0.227 e. The highest BCUT2D eigenvalue weighted by Crippen LogP contribution is 2.33. The molecule has 5 nitrogen and oxygen atoms in total. The quantitative estimate of drug-likeness (QED) is 0.835. The molecule has 2 saturated heterocycles. The number of nitriles is 1. The number of pyridine rings is 1. The molecule has 1 amide bonds. The second kappa shape index (κ2) is 6.95. The standard InChI is InChI=1S/C20H18F2N4O/c21-17-3-2-14(18(22)6-17)5-20(27)26-11-15-9-25(10-16(15)12-26)19-4-1-13(7-23)8-24-19/h1-4,6,8,15-16H,5,9-12H2. The number of benzene rings is 1. The zero-order valence-corrected chi connectivity index (χ0v) is 14.6. The van der Waals surface area contributed by atoms with Gasteiger partial charge in [-0.3, -0.25) is 4.79 Å². The van der Waals surface area contributed by atoms with Crippen LogP contribution in [0.2, 0.25) is 0 Å². The number of aromatic nitrogens is 1. The molecule has 27 heavy (non-hydrogen) atoms. The van der Waals surface area contributed by atoms with Crippen LogP contribution in [0.25, 0.3) is 0 Å². The van der Waals surface area contributed by atoms with Gasteiger partial charge in [-0.1, -0.05) is 6.07 Å². The second-order valence-corrected chi connectivity index (χ2v) is 7.15. The summed E-state index contributed by atoms with van der Waals surface area (Å²) in [6.07, 6.45) is 1.52. The summed E-state index contributed by atoms with van der Waals surface area (Å²) < 4.78 is 26.8. The normalized spacial score (nSPS) is 21.2. The topological polar surface area (TPSA) is 60.2 Å².